The van der Waals surface area contributed by atoms with Crippen LogP contribution >= 0.6 is 0 Å². The van der Waals surface area contributed by atoms with Gasteiger partial charge in [0.15, 0.2) is 0 Å². The van der Waals surface area contributed by atoms with E-state index in [1.807, 2.05) is 12.1 Å². The predicted molar refractivity (Wildman–Crippen MR) is 71.2 cm³/mol. The normalized spacial score (nSPS) is 19.5. The predicted octanol–water partition coefficient (Wildman–Crippen LogP) is 1.82. The summed E-state index contributed by atoms with van der Waals surface area (Å²) in [6.07, 6.45) is 1.85. The number of hydrogen-bond donors (Lipinski definition) is 1. The van der Waals surface area contributed by atoms with E-state index in [0.29, 0.717) is 26.1 Å². The molecule has 1 aromatic carbocycles. The van der Waals surface area contributed by atoms with Crippen LogP contribution in [-0.4, -0.2) is 24.9 Å². The van der Waals surface area contributed by atoms with Crippen LogP contribution in [0.3, 0.4) is 0 Å². The number of hydrogen-bond acceptors (Lipinski definition) is 3. The van der Waals surface area contributed by atoms with Gasteiger partial charge in [0.25, 0.3) is 0 Å². The number of amides is 1. The molecule has 1 saturated heterocycles. The lowest BCUT2D eigenvalue weighted by Gasteiger charge is -2.42. The summed E-state index contributed by atoms with van der Waals surface area (Å²) >= 11 is 0. The first kappa shape index (κ1) is 12.4. The summed E-state index contributed by atoms with van der Waals surface area (Å²) in [6.45, 7) is 2.96. The molecule has 1 N–H and O–H groups in total. The van der Waals surface area contributed by atoms with Crippen molar-refractivity contribution in [3.05, 3.63) is 29.3 Å². The zero-order valence-electron chi connectivity index (χ0n) is 11.0. The third kappa shape index (κ3) is 2.16. The number of nitrogens with one attached hydrogen (secondary N) is 1. The van der Waals surface area contributed by atoms with Gasteiger partial charge >= 0.3 is 0 Å². The highest BCUT2D eigenvalue weighted by Gasteiger charge is 2.40. The van der Waals surface area contributed by atoms with Gasteiger partial charge in [-0.05, 0) is 30.5 Å². The highest BCUT2D eigenvalue weighted by molar-refractivity contribution is 5.99. The number of carbonyl (C=O) groups excluding carboxylic acids is 2. The molecule has 4 nitrogen and oxygen atoms in total. The smallest absolute Gasteiger partial charge is 0.228 e. The quantitative estimate of drug-likeness (QED) is 0.897. The largest absolute Gasteiger partial charge is 0.379 e. The van der Waals surface area contributed by atoms with Gasteiger partial charge < -0.3 is 14.8 Å². The fourth-order valence-electron chi connectivity index (χ4n) is 2.78. The Morgan fingerprint density at radius 1 is 1.42 bits per heavy atom. The molecule has 4 heteroatoms. The molecule has 2 aliphatic rings. The van der Waals surface area contributed by atoms with Crippen LogP contribution in [0.1, 0.15) is 30.9 Å². The van der Waals surface area contributed by atoms with E-state index in [-0.39, 0.29) is 17.1 Å². The van der Waals surface area contributed by atoms with Gasteiger partial charge in [-0.2, -0.15) is 0 Å². The molecular weight excluding hydrogens is 242 g/mol. The molecule has 2 aliphatic heterocycles. The molecule has 1 aromatic rings. The number of fused-ring (bicyclic) bond motifs is 1. The monoisotopic (exact) mass is 259 g/mol. The lowest BCUT2D eigenvalue weighted by molar-refractivity contribution is -0.119. The molecule has 1 fully saturated rings. The average Bonchev–Trinajstić information content (AvgIpc) is 2.66. The van der Waals surface area contributed by atoms with Crippen molar-refractivity contribution in [2.75, 3.05) is 18.5 Å². The second-order valence-electron chi connectivity index (χ2n) is 5.57. The van der Waals surface area contributed by atoms with Gasteiger partial charge in [-0.1, -0.05) is 12.1 Å². The number of carbonyl (C=O) groups is 2. The van der Waals surface area contributed by atoms with E-state index >= 15 is 0 Å². The number of benzene rings is 1. The average molecular weight is 259 g/mol. The molecule has 0 spiro atoms. The Bertz CT molecular complexity index is 546. The van der Waals surface area contributed by atoms with Crippen LogP contribution < -0.4 is 5.32 Å². The molecule has 2 heterocycles. The van der Waals surface area contributed by atoms with E-state index in [1.165, 1.54) is 5.56 Å². The van der Waals surface area contributed by atoms with Crippen molar-refractivity contribution in [3.8, 4) is 0 Å². The third-order valence-electron chi connectivity index (χ3n) is 4.06. The van der Waals surface area contributed by atoms with Crippen molar-refractivity contribution in [2.45, 2.75) is 31.6 Å². The van der Waals surface area contributed by atoms with Gasteiger partial charge in [-0.15, -0.1) is 0 Å². The van der Waals surface area contributed by atoms with E-state index in [2.05, 4.69) is 11.4 Å². The van der Waals surface area contributed by atoms with Gasteiger partial charge in [-0.25, -0.2) is 0 Å². The number of rotatable bonds is 4. The van der Waals surface area contributed by atoms with Crippen LogP contribution in [0.25, 0.3) is 0 Å². The molecule has 0 saturated carbocycles. The SMILES string of the molecule is CC(=O)CCC1(c2ccc3c(c2)CC(=O)N3)COC1. The van der Waals surface area contributed by atoms with Crippen LogP contribution in [0.4, 0.5) is 5.69 Å². The van der Waals surface area contributed by atoms with E-state index < -0.39 is 0 Å². The number of ketones is 1. The van der Waals surface area contributed by atoms with Crippen molar-refractivity contribution >= 4 is 17.4 Å². The minimum Gasteiger partial charge on any atom is -0.379 e. The molecule has 0 radical (unpaired) electrons. The van der Waals surface area contributed by atoms with E-state index in [0.717, 1.165) is 17.7 Å². The zero-order valence-corrected chi connectivity index (χ0v) is 11.0. The van der Waals surface area contributed by atoms with Crippen molar-refractivity contribution < 1.29 is 14.3 Å². The highest BCUT2D eigenvalue weighted by atomic mass is 16.5. The van der Waals surface area contributed by atoms with Crippen LogP contribution in [0, 0.1) is 0 Å². The molecule has 100 valence electrons. The van der Waals surface area contributed by atoms with Crippen LogP contribution in [-0.2, 0) is 26.2 Å². The second kappa shape index (κ2) is 4.46. The molecule has 0 bridgehead atoms. The zero-order chi connectivity index (χ0) is 13.5. The van der Waals surface area contributed by atoms with Gasteiger partial charge in [0.2, 0.25) is 5.91 Å². The van der Waals surface area contributed by atoms with Gasteiger partial charge in [0.05, 0.1) is 19.6 Å². The maximum Gasteiger partial charge on any atom is 0.228 e. The fraction of sp³-hybridized carbons (Fsp3) is 0.467. The Balaban J connectivity index is 1.86. The lowest BCUT2D eigenvalue weighted by Crippen LogP contribution is -2.47. The maximum atomic E-state index is 11.4. The van der Waals surface area contributed by atoms with Gasteiger partial charge in [-0.3, -0.25) is 4.79 Å². The summed E-state index contributed by atoms with van der Waals surface area (Å²) in [5.74, 6) is 0.263. The second-order valence-corrected chi connectivity index (χ2v) is 5.57. The van der Waals surface area contributed by atoms with Crippen molar-refractivity contribution in [1.82, 2.24) is 0 Å². The Hall–Kier alpha value is -1.68. The minimum atomic E-state index is -0.0354. The molecule has 0 aliphatic carbocycles. The molecular formula is C15H17NO3. The summed E-state index contributed by atoms with van der Waals surface area (Å²) < 4.78 is 5.37. The summed E-state index contributed by atoms with van der Waals surface area (Å²) in [6, 6.07) is 6.10. The maximum absolute atomic E-state index is 11.4. The fourth-order valence-corrected chi connectivity index (χ4v) is 2.78. The summed E-state index contributed by atoms with van der Waals surface area (Å²) in [5, 5.41) is 2.84. The van der Waals surface area contributed by atoms with Crippen molar-refractivity contribution in [1.29, 1.82) is 0 Å². The van der Waals surface area contributed by atoms with E-state index in [1.54, 1.807) is 6.92 Å². The van der Waals surface area contributed by atoms with Crippen LogP contribution in [0.15, 0.2) is 18.2 Å². The first-order valence-corrected chi connectivity index (χ1v) is 6.59. The topological polar surface area (TPSA) is 55.4 Å². The Morgan fingerprint density at radius 3 is 2.84 bits per heavy atom. The van der Waals surface area contributed by atoms with E-state index in [9.17, 15) is 9.59 Å². The lowest BCUT2D eigenvalue weighted by atomic mass is 9.74. The van der Waals surface area contributed by atoms with Crippen molar-refractivity contribution in [2.24, 2.45) is 0 Å². The molecule has 19 heavy (non-hydrogen) atoms. The Kier molecular flexibility index (Phi) is 2.90. The summed E-state index contributed by atoms with van der Waals surface area (Å²) in [7, 11) is 0. The standard InChI is InChI=1S/C15H17NO3/c1-10(17)4-5-15(8-19-9-15)12-2-3-13-11(6-12)7-14(18)16-13/h2-3,6H,4-5,7-9H2,1H3,(H,16,18). The number of ether oxygens (including phenoxy) is 1. The molecule has 0 atom stereocenters. The van der Waals surface area contributed by atoms with E-state index in [4.69, 9.17) is 4.74 Å². The van der Waals surface area contributed by atoms with Crippen LogP contribution in [0.5, 0.6) is 0 Å². The van der Waals surface area contributed by atoms with Gasteiger partial charge in [0, 0.05) is 17.5 Å². The molecule has 3 rings (SSSR count). The molecule has 0 unspecified atom stereocenters. The summed E-state index contributed by atoms with van der Waals surface area (Å²) in [5.41, 5.74) is 3.12. The third-order valence-corrected chi connectivity index (χ3v) is 4.06. The highest BCUT2D eigenvalue weighted by Crippen LogP contribution is 2.39. The Labute approximate surface area is 112 Å². The molecule has 1 amide bonds. The minimum absolute atomic E-state index is 0.0354. The first-order chi connectivity index (χ1) is 9.09. The first-order valence-electron chi connectivity index (χ1n) is 6.59. The number of Topliss-reactive ketones (excluding diaryl/α,β-unsaturated/α-hetero) is 1. The summed E-state index contributed by atoms with van der Waals surface area (Å²) in [4.78, 5) is 22.6. The Morgan fingerprint density at radius 2 is 2.21 bits per heavy atom. The number of anilines is 1. The van der Waals surface area contributed by atoms with Crippen molar-refractivity contribution in [3.63, 3.8) is 0 Å². The van der Waals surface area contributed by atoms with Crippen LogP contribution in [0.2, 0.25) is 0 Å². The molecule has 0 aromatic heterocycles. The van der Waals surface area contributed by atoms with Gasteiger partial charge in [0.1, 0.15) is 5.78 Å².